The molecule has 0 aliphatic carbocycles. The number of rotatable bonds is 6. The molecule has 0 saturated heterocycles. The van der Waals surface area contributed by atoms with Gasteiger partial charge in [0.1, 0.15) is 0 Å². The number of halogens is 3. The summed E-state index contributed by atoms with van der Waals surface area (Å²) in [6.45, 7) is 1.56. The predicted molar refractivity (Wildman–Crippen MR) is 73.1 cm³/mol. The first-order chi connectivity index (χ1) is 10.2. The third kappa shape index (κ3) is 6.13. The first-order valence-electron chi connectivity index (χ1n) is 6.60. The lowest BCUT2D eigenvalue weighted by Crippen LogP contribution is -2.37. The number of alkyl halides is 3. The fourth-order valence-electron chi connectivity index (χ4n) is 1.56. The second-order valence-electron chi connectivity index (χ2n) is 4.75. The molecule has 0 spiro atoms. The van der Waals surface area contributed by atoms with Gasteiger partial charge < -0.3 is 15.7 Å². The summed E-state index contributed by atoms with van der Waals surface area (Å²) < 4.78 is 37.1. The zero-order valence-corrected chi connectivity index (χ0v) is 11.9. The topological polar surface area (TPSA) is 78.4 Å². The third-order valence-corrected chi connectivity index (χ3v) is 2.77. The van der Waals surface area contributed by atoms with Crippen LogP contribution in [-0.4, -0.2) is 36.1 Å². The SMILES string of the molecule is CC(O)CCNC(=O)CNC(=O)c1ccc(C(F)(F)F)cc1. The Kier molecular flexibility index (Phi) is 6.36. The number of amides is 2. The lowest BCUT2D eigenvalue weighted by molar-refractivity contribution is -0.137. The summed E-state index contributed by atoms with van der Waals surface area (Å²) in [5.74, 6) is -1.08. The Morgan fingerprint density at radius 2 is 1.77 bits per heavy atom. The van der Waals surface area contributed by atoms with Gasteiger partial charge in [-0.25, -0.2) is 0 Å². The molecular weight excluding hydrogens is 301 g/mol. The molecule has 3 N–H and O–H groups in total. The van der Waals surface area contributed by atoms with Gasteiger partial charge in [-0.2, -0.15) is 13.2 Å². The standard InChI is InChI=1S/C14H17F3N2O3/c1-9(20)6-7-18-12(21)8-19-13(22)10-2-4-11(5-3-10)14(15,16)17/h2-5,9,20H,6-8H2,1H3,(H,18,21)(H,19,22). The van der Waals surface area contributed by atoms with Gasteiger partial charge in [-0.3, -0.25) is 9.59 Å². The average molecular weight is 318 g/mol. The molecule has 0 heterocycles. The highest BCUT2D eigenvalue weighted by Gasteiger charge is 2.30. The van der Waals surface area contributed by atoms with E-state index < -0.39 is 29.7 Å². The number of hydrogen-bond acceptors (Lipinski definition) is 3. The Morgan fingerprint density at radius 1 is 1.18 bits per heavy atom. The van der Waals surface area contributed by atoms with Crippen molar-refractivity contribution in [2.24, 2.45) is 0 Å². The molecule has 1 aromatic rings. The van der Waals surface area contributed by atoms with Crippen molar-refractivity contribution in [3.05, 3.63) is 35.4 Å². The fourth-order valence-corrected chi connectivity index (χ4v) is 1.56. The normalized spacial score (nSPS) is 12.6. The van der Waals surface area contributed by atoms with Crippen molar-refractivity contribution < 1.29 is 27.9 Å². The van der Waals surface area contributed by atoms with Gasteiger partial charge in [0.15, 0.2) is 0 Å². The molecule has 0 aliphatic heterocycles. The van der Waals surface area contributed by atoms with Crippen molar-refractivity contribution >= 4 is 11.8 Å². The number of aliphatic hydroxyl groups excluding tert-OH is 1. The van der Waals surface area contributed by atoms with E-state index in [4.69, 9.17) is 5.11 Å². The molecule has 8 heteroatoms. The smallest absolute Gasteiger partial charge is 0.393 e. The van der Waals surface area contributed by atoms with E-state index in [2.05, 4.69) is 10.6 Å². The Balaban J connectivity index is 2.44. The number of carbonyl (C=O) groups excluding carboxylic acids is 2. The molecule has 0 aliphatic rings. The van der Waals surface area contributed by atoms with Crippen LogP contribution in [0.1, 0.15) is 29.3 Å². The van der Waals surface area contributed by atoms with E-state index in [0.717, 1.165) is 24.3 Å². The summed E-state index contributed by atoms with van der Waals surface area (Å²) in [4.78, 5) is 23.1. The third-order valence-electron chi connectivity index (χ3n) is 2.77. The average Bonchev–Trinajstić information content (AvgIpc) is 2.43. The minimum atomic E-state index is -4.46. The van der Waals surface area contributed by atoms with Gasteiger partial charge in [-0.05, 0) is 37.6 Å². The van der Waals surface area contributed by atoms with Crippen molar-refractivity contribution in [1.29, 1.82) is 0 Å². The van der Waals surface area contributed by atoms with Gasteiger partial charge >= 0.3 is 6.18 Å². The van der Waals surface area contributed by atoms with Crippen LogP contribution in [0.15, 0.2) is 24.3 Å². The molecule has 0 radical (unpaired) electrons. The summed E-state index contributed by atoms with van der Waals surface area (Å²) in [6.07, 6.45) is -4.61. The van der Waals surface area contributed by atoms with E-state index in [1.54, 1.807) is 6.92 Å². The summed E-state index contributed by atoms with van der Waals surface area (Å²) in [7, 11) is 0. The van der Waals surface area contributed by atoms with Crippen molar-refractivity contribution in [3.8, 4) is 0 Å². The molecule has 1 rings (SSSR count). The van der Waals surface area contributed by atoms with Crippen molar-refractivity contribution in [2.45, 2.75) is 25.6 Å². The molecule has 0 bridgehead atoms. The molecule has 0 aromatic heterocycles. The number of hydrogen-bond donors (Lipinski definition) is 3. The number of nitrogens with one attached hydrogen (secondary N) is 2. The molecule has 1 atom stereocenters. The number of carbonyl (C=O) groups is 2. The Morgan fingerprint density at radius 3 is 2.27 bits per heavy atom. The summed E-state index contributed by atoms with van der Waals surface area (Å²) >= 11 is 0. The maximum absolute atomic E-state index is 12.4. The maximum Gasteiger partial charge on any atom is 0.416 e. The molecular formula is C14H17F3N2O3. The summed E-state index contributed by atoms with van der Waals surface area (Å²) in [6, 6.07) is 3.70. The molecule has 2 amide bonds. The van der Waals surface area contributed by atoms with E-state index in [9.17, 15) is 22.8 Å². The highest BCUT2D eigenvalue weighted by Crippen LogP contribution is 2.28. The van der Waals surface area contributed by atoms with E-state index in [0.29, 0.717) is 6.42 Å². The Bertz CT molecular complexity index is 513. The van der Waals surface area contributed by atoms with Crippen LogP contribution in [0, 0.1) is 0 Å². The first-order valence-corrected chi connectivity index (χ1v) is 6.60. The highest BCUT2D eigenvalue weighted by molar-refractivity contribution is 5.96. The summed E-state index contributed by atoms with van der Waals surface area (Å²) in [5, 5.41) is 13.8. The van der Waals surface area contributed by atoms with Crippen LogP contribution in [0.25, 0.3) is 0 Å². The van der Waals surface area contributed by atoms with Crippen LogP contribution in [0.2, 0.25) is 0 Å². The summed E-state index contributed by atoms with van der Waals surface area (Å²) in [5.41, 5.74) is -0.815. The quantitative estimate of drug-likeness (QED) is 0.740. The zero-order valence-electron chi connectivity index (χ0n) is 11.9. The van der Waals surface area contributed by atoms with Crippen LogP contribution in [-0.2, 0) is 11.0 Å². The fraction of sp³-hybridized carbons (Fsp3) is 0.429. The van der Waals surface area contributed by atoms with Crippen molar-refractivity contribution in [1.82, 2.24) is 10.6 Å². The lowest BCUT2D eigenvalue weighted by Gasteiger charge is -2.09. The minimum Gasteiger partial charge on any atom is -0.393 e. The van der Waals surface area contributed by atoms with Crippen LogP contribution < -0.4 is 10.6 Å². The van der Waals surface area contributed by atoms with Crippen LogP contribution in [0.4, 0.5) is 13.2 Å². The van der Waals surface area contributed by atoms with Gasteiger partial charge in [0.05, 0.1) is 18.2 Å². The van der Waals surface area contributed by atoms with Gasteiger partial charge in [0.25, 0.3) is 5.91 Å². The molecule has 0 fully saturated rings. The second kappa shape index (κ2) is 7.79. The van der Waals surface area contributed by atoms with Gasteiger partial charge in [0, 0.05) is 12.1 Å². The van der Waals surface area contributed by atoms with E-state index >= 15 is 0 Å². The molecule has 1 unspecified atom stereocenters. The zero-order chi connectivity index (χ0) is 16.8. The Hall–Kier alpha value is -2.09. The maximum atomic E-state index is 12.4. The molecule has 22 heavy (non-hydrogen) atoms. The van der Waals surface area contributed by atoms with Crippen molar-refractivity contribution in [3.63, 3.8) is 0 Å². The number of aliphatic hydroxyl groups is 1. The first kappa shape index (κ1) is 18.0. The van der Waals surface area contributed by atoms with Crippen LogP contribution in [0.3, 0.4) is 0 Å². The van der Waals surface area contributed by atoms with Crippen molar-refractivity contribution in [2.75, 3.05) is 13.1 Å². The molecule has 5 nitrogen and oxygen atoms in total. The molecule has 0 saturated carbocycles. The molecule has 1 aromatic carbocycles. The minimum absolute atomic E-state index is 0.0322. The van der Waals surface area contributed by atoms with E-state index in [1.807, 2.05) is 0 Å². The van der Waals surface area contributed by atoms with Gasteiger partial charge in [0.2, 0.25) is 5.91 Å². The van der Waals surface area contributed by atoms with E-state index in [-0.39, 0.29) is 18.7 Å². The lowest BCUT2D eigenvalue weighted by atomic mass is 10.1. The largest absolute Gasteiger partial charge is 0.416 e. The predicted octanol–water partition coefficient (Wildman–Crippen LogP) is 1.32. The van der Waals surface area contributed by atoms with E-state index in [1.165, 1.54) is 0 Å². The molecule has 122 valence electrons. The highest BCUT2D eigenvalue weighted by atomic mass is 19.4. The van der Waals surface area contributed by atoms with Crippen LogP contribution >= 0.6 is 0 Å². The number of benzene rings is 1. The Labute approximate surface area is 125 Å². The second-order valence-corrected chi connectivity index (χ2v) is 4.75. The van der Waals surface area contributed by atoms with Crippen LogP contribution in [0.5, 0.6) is 0 Å². The van der Waals surface area contributed by atoms with Gasteiger partial charge in [-0.15, -0.1) is 0 Å². The monoisotopic (exact) mass is 318 g/mol. The van der Waals surface area contributed by atoms with Gasteiger partial charge in [-0.1, -0.05) is 0 Å².